The van der Waals surface area contributed by atoms with Gasteiger partial charge in [0.25, 0.3) is 9.84 Å². The van der Waals surface area contributed by atoms with Crippen LogP contribution in [0.15, 0.2) is 21.5 Å². The topological polar surface area (TPSA) is 60.2 Å². The van der Waals surface area contributed by atoms with Crippen molar-refractivity contribution >= 4 is 31.5 Å². The second-order valence-electron chi connectivity index (χ2n) is 3.04. The minimum absolute atomic E-state index is 0.0580. The van der Waals surface area contributed by atoms with E-state index in [0.29, 0.717) is 0 Å². The fourth-order valence-electron chi connectivity index (χ4n) is 1.16. The SMILES string of the molecule is Cc1c(Br)ccc(N)c1S(=O)(=O)C(F)(F)F. The summed E-state index contributed by atoms with van der Waals surface area (Å²) in [5.74, 6) is 0. The van der Waals surface area contributed by atoms with E-state index in [1.54, 1.807) is 0 Å². The largest absolute Gasteiger partial charge is 0.502 e. The van der Waals surface area contributed by atoms with Crippen LogP contribution < -0.4 is 5.73 Å². The maximum atomic E-state index is 12.4. The molecule has 0 aliphatic heterocycles. The van der Waals surface area contributed by atoms with Gasteiger partial charge in [-0.05, 0) is 24.6 Å². The van der Waals surface area contributed by atoms with Crippen molar-refractivity contribution in [3.63, 3.8) is 0 Å². The number of hydrogen-bond acceptors (Lipinski definition) is 3. The first-order valence-corrected chi connectivity index (χ1v) is 6.22. The van der Waals surface area contributed by atoms with Gasteiger partial charge in [0.05, 0.1) is 5.69 Å². The van der Waals surface area contributed by atoms with E-state index in [0.717, 1.165) is 6.07 Å². The molecule has 0 atom stereocenters. The van der Waals surface area contributed by atoms with Crippen molar-refractivity contribution in [1.82, 2.24) is 0 Å². The summed E-state index contributed by atoms with van der Waals surface area (Å²) in [5.41, 5.74) is -0.558. The molecule has 8 heteroatoms. The fourth-order valence-corrected chi connectivity index (χ4v) is 2.75. The number of nitrogens with two attached hydrogens (primary N) is 1. The van der Waals surface area contributed by atoms with Gasteiger partial charge in [0.2, 0.25) is 0 Å². The van der Waals surface area contributed by atoms with E-state index in [9.17, 15) is 21.6 Å². The summed E-state index contributed by atoms with van der Waals surface area (Å²) in [6, 6.07) is 2.50. The van der Waals surface area contributed by atoms with E-state index in [1.807, 2.05) is 0 Å². The highest BCUT2D eigenvalue weighted by Crippen LogP contribution is 2.37. The first kappa shape index (κ1) is 13.3. The number of halogens is 4. The van der Waals surface area contributed by atoms with Crippen molar-refractivity contribution in [2.45, 2.75) is 17.3 Å². The molecule has 0 radical (unpaired) electrons. The van der Waals surface area contributed by atoms with Gasteiger partial charge in [0.1, 0.15) is 4.90 Å². The van der Waals surface area contributed by atoms with E-state index >= 15 is 0 Å². The molecule has 0 bridgehead atoms. The third-order valence-electron chi connectivity index (χ3n) is 1.94. The highest BCUT2D eigenvalue weighted by molar-refractivity contribution is 9.10. The molecular weight excluding hydrogens is 311 g/mol. The number of anilines is 1. The van der Waals surface area contributed by atoms with Crippen molar-refractivity contribution in [2.75, 3.05) is 5.73 Å². The Morgan fingerprint density at radius 2 is 1.81 bits per heavy atom. The summed E-state index contributed by atoms with van der Waals surface area (Å²) >= 11 is 2.95. The zero-order chi connectivity index (χ0) is 12.7. The van der Waals surface area contributed by atoms with Crippen LogP contribution in [-0.2, 0) is 9.84 Å². The third-order valence-corrected chi connectivity index (χ3v) is 4.49. The van der Waals surface area contributed by atoms with E-state index in [1.165, 1.54) is 13.0 Å². The number of benzene rings is 1. The number of alkyl halides is 3. The van der Waals surface area contributed by atoms with Gasteiger partial charge in [-0.15, -0.1) is 0 Å². The van der Waals surface area contributed by atoms with Gasteiger partial charge >= 0.3 is 5.51 Å². The molecule has 1 aromatic rings. The summed E-state index contributed by atoms with van der Waals surface area (Å²) in [7, 11) is -5.42. The number of rotatable bonds is 1. The molecule has 0 unspecified atom stereocenters. The molecule has 2 N–H and O–H groups in total. The number of nitrogen functional groups attached to an aromatic ring is 1. The van der Waals surface area contributed by atoms with Crippen LogP contribution in [0.1, 0.15) is 5.56 Å². The molecule has 3 nitrogen and oxygen atoms in total. The summed E-state index contributed by atoms with van der Waals surface area (Å²) < 4.78 is 59.8. The average Bonchev–Trinajstić information content (AvgIpc) is 2.10. The van der Waals surface area contributed by atoms with Gasteiger partial charge in [-0.3, -0.25) is 0 Å². The lowest BCUT2D eigenvalue weighted by Gasteiger charge is -2.13. The predicted molar refractivity (Wildman–Crippen MR) is 56.5 cm³/mol. The minimum atomic E-state index is -5.42. The molecule has 0 aliphatic rings. The Balaban J connectivity index is 3.64. The van der Waals surface area contributed by atoms with Crippen molar-refractivity contribution in [3.8, 4) is 0 Å². The van der Waals surface area contributed by atoms with Crippen LogP contribution >= 0.6 is 15.9 Å². The Hall–Kier alpha value is -0.760. The molecule has 0 amide bonds. The van der Waals surface area contributed by atoms with Gasteiger partial charge in [-0.25, -0.2) is 8.42 Å². The summed E-state index contributed by atoms with van der Waals surface area (Å²) in [6.45, 7) is 1.25. The van der Waals surface area contributed by atoms with E-state index in [4.69, 9.17) is 5.73 Å². The molecule has 1 aromatic carbocycles. The second kappa shape index (κ2) is 3.92. The molecule has 0 heterocycles. The van der Waals surface area contributed by atoms with Gasteiger partial charge in [0.15, 0.2) is 0 Å². The van der Waals surface area contributed by atoms with Crippen LogP contribution in [0.2, 0.25) is 0 Å². The maximum absolute atomic E-state index is 12.4. The molecule has 16 heavy (non-hydrogen) atoms. The van der Waals surface area contributed by atoms with Crippen molar-refractivity contribution in [3.05, 3.63) is 22.2 Å². The molecule has 0 fully saturated rings. The number of sulfone groups is 1. The van der Waals surface area contributed by atoms with Crippen molar-refractivity contribution in [2.24, 2.45) is 0 Å². The lowest BCUT2D eigenvalue weighted by atomic mass is 10.2. The smallest absolute Gasteiger partial charge is 0.398 e. The Morgan fingerprint density at radius 3 is 2.25 bits per heavy atom. The molecule has 0 saturated carbocycles. The van der Waals surface area contributed by atoms with Crippen LogP contribution in [0.25, 0.3) is 0 Å². The lowest BCUT2D eigenvalue weighted by Crippen LogP contribution is -2.25. The standard InChI is InChI=1S/C8H7BrF3NO2S/c1-4-5(9)2-3-6(13)7(4)16(14,15)8(10,11)12/h2-3H,13H2,1H3. The van der Waals surface area contributed by atoms with Crippen molar-refractivity contribution < 1.29 is 21.6 Å². The lowest BCUT2D eigenvalue weighted by molar-refractivity contribution is -0.0436. The molecule has 0 spiro atoms. The maximum Gasteiger partial charge on any atom is 0.502 e. The monoisotopic (exact) mass is 317 g/mol. The van der Waals surface area contributed by atoms with Gasteiger partial charge in [0, 0.05) is 4.47 Å². The molecular formula is C8H7BrF3NO2S. The first-order chi connectivity index (χ1) is 7.09. The Kier molecular flexibility index (Phi) is 3.26. The highest BCUT2D eigenvalue weighted by atomic mass is 79.9. The summed E-state index contributed by atoms with van der Waals surface area (Å²) in [6.07, 6.45) is 0. The van der Waals surface area contributed by atoms with Gasteiger partial charge in [-0.1, -0.05) is 15.9 Å². The molecule has 90 valence electrons. The Labute approximate surface area is 98.5 Å². The minimum Gasteiger partial charge on any atom is -0.398 e. The molecule has 0 aliphatic carbocycles. The van der Waals surface area contributed by atoms with Crippen LogP contribution in [0.3, 0.4) is 0 Å². The molecule has 1 rings (SSSR count). The normalized spacial score (nSPS) is 12.8. The van der Waals surface area contributed by atoms with E-state index in [-0.39, 0.29) is 10.0 Å². The Morgan fingerprint density at radius 1 is 1.31 bits per heavy atom. The van der Waals surface area contributed by atoms with E-state index < -0.39 is 25.9 Å². The molecule has 0 aromatic heterocycles. The van der Waals surface area contributed by atoms with Crippen LogP contribution in [0.4, 0.5) is 18.9 Å². The first-order valence-electron chi connectivity index (χ1n) is 3.95. The Bertz CT molecular complexity index is 525. The number of hydrogen-bond donors (Lipinski definition) is 1. The van der Waals surface area contributed by atoms with Crippen molar-refractivity contribution in [1.29, 1.82) is 0 Å². The zero-order valence-corrected chi connectivity index (χ0v) is 10.4. The quantitative estimate of drug-likeness (QED) is 0.810. The molecule has 0 saturated heterocycles. The highest BCUT2D eigenvalue weighted by Gasteiger charge is 2.48. The second-order valence-corrected chi connectivity index (χ2v) is 5.77. The third kappa shape index (κ3) is 2.03. The summed E-state index contributed by atoms with van der Waals surface area (Å²) in [4.78, 5) is -0.894. The van der Waals surface area contributed by atoms with Gasteiger partial charge < -0.3 is 5.73 Å². The van der Waals surface area contributed by atoms with Crippen LogP contribution in [0.5, 0.6) is 0 Å². The summed E-state index contributed by atoms with van der Waals surface area (Å²) in [5, 5.41) is 0. The average molecular weight is 318 g/mol. The van der Waals surface area contributed by atoms with E-state index in [2.05, 4.69) is 15.9 Å². The van der Waals surface area contributed by atoms with Crippen LogP contribution in [-0.4, -0.2) is 13.9 Å². The predicted octanol–water partition coefficient (Wildman–Crippen LogP) is 2.63. The zero-order valence-electron chi connectivity index (χ0n) is 7.97. The fraction of sp³-hybridized carbons (Fsp3) is 0.250. The van der Waals surface area contributed by atoms with Gasteiger partial charge in [-0.2, -0.15) is 13.2 Å². The van der Waals surface area contributed by atoms with Crippen LogP contribution in [0, 0.1) is 6.92 Å².